The second-order valence-electron chi connectivity index (χ2n) is 3.94. The second-order valence-corrected chi connectivity index (χ2v) is 5.77. The third-order valence-electron chi connectivity index (χ3n) is 2.52. The van der Waals surface area contributed by atoms with Crippen LogP contribution in [0.5, 0.6) is 0 Å². The predicted octanol–water partition coefficient (Wildman–Crippen LogP) is 1.74. The van der Waals surface area contributed by atoms with Gasteiger partial charge < -0.3 is 9.47 Å². The van der Waals surface area contributed by atoms with Crippen molar-refractivity contribution in [2.24, 2.45) is 0 Å². The predicted molar refractivity (Wildman–Crippen MR) is 74.0 cm³/mol. The largest absolute Gasteiger partial charge is 0.502 e. The summed E-state index contributed by atoms with van der Waals surface area (Å²) < 4.78 is 46.8. The summed E-state index contributed by atoms with van der Waals surface area (Å²) in [4.78, 5) is 11.0. The van der Waals surface area contributed by atoms with Crippen LogP contribution in [-0.4, -0.2) is 33.0 Å². The molecule has 0 bridgehead atoms. The molecule has 0 atom stereocenters. The van der Waals surface area contributed by atoms with Crippen LogP contribution in [0.3, 0.4) is 0 Å². The number of sulfonamides is 1. The van der Waals surface area contributed by atoms with Gasteiger partial charge in [0, 0.05) is 0 Å². The Morgan fingerprint density at radius 2 is 1.95 bits per heavy atom. The van der Waals surface area contributed by atoms with Gasteiger partial charge in [-0.15, -0.1) is 0 Å². The van der Waals surface area contributed by atoms with Crippen molar-refractivity contribution in [1.82, 2.24) is 4.31 Å². The van der Waals surface area contributed by atoms with Crippen molar-refractivity contribution in [3.63, 3.8) is 0 Å². The molecule has 1 aromatic carbocycles. The first-order valence-electron chi connectivity index (χ1n) is 5.85. The van der Waals surface area contributed by atoms with Gasteiger partial charge in [0.15, 0.2) is 4.91 Å². The number of allylic oxidation sites excluding steroid dienone is 1. The van der Waals surface area contributed by atoms with Gasteiger partial charge in [0.05, 0.1) is 20.8 Å². The molecule has 0 aromatic heterocycles. The van der Waals surface area contributed by atoms with Crippen molar-refractivity contribution in [1.29, 1.82) is 5.26 Å². The van der Waals surface area contributed by atoms with E-state index in [0.717, 1.165) is 26.4 Å². The Morgan fingerprint density at radius 3 is 2.41 bits per heavy atom. The van der Waals surface area contributed by atoms with E-state index in [1.165, 1.54) is 18.2 Å². The average molecular weight is 328 g/mol. The van der Waals surface area contributed by atoms with E-state index in [2.05, 4.69) is 9.47 Å². The molecule has 0 unspecified atom stereocenters. The maximum Gasteiger partial charge on any atom is 0.423 e. The molecule has 0 saturated heterocycles. The van der Waals surface area contributed by atoms with Crippen molar-refractivity contribution in [2.45, 2.75) is 6.54 Å². The summed E-state index contributed by atoms with van der Waals surface area (Å²) in [5.74, 6) is -0.506. The van der Waals surface area contributed by atoms with Gasteiger partial charge in [0.25, 0.3) is 10.0 Å². The van der Waals surface area contributed by atoms with Gasteiger partial charge in [0.2, 0.25) is 0 Å². The number of nitriles is 1. The Hall–Kier alpha value is -2.60. The molecule has 1 rings (SSSR count). The van der Waals surface area contributed by atoms with Gasteiger partial charge in [-0.1, -0.05) is 12.1 Å². The average Bonchev–Trinajstić information content (AvgIpc) is 2.50. The molecular formula is C13H13FN2O5S. The topological polar surface area (TPSA) is 96.7 Å². The Morgan fingerprint density at radius 1 is 1.36 bits per heavy atom. The van der Waals surface area contributed by atoms with Crippen LogP contribution in [0.1, 0.15) is 5.56 Å². The molecule has 1 aromatic rings. The summed E-state index contributed by atoms with van der Waals surface area (Å²) in [7, 11) is -2.29. The number of amides is 1. The van der Waals surface area contributed by atoms with E-state index in [9.17, 15) is 17.6 Å². The van der Waals surface area contributed by atoms with Crippen LogP contribution < -0.4 is 0 Å². The van der Waals surface area contributed by atoms with Crippen molar-refractivity contribution < 1.29 is 27.1 Å². The van der Waals surface area contributed by atoms with Gasteiger partial charge in [-0.2, -0.15) is 18.0 Å². The summed E-state index contributed by atoms with van der Waals surface area (Å²) >= 11 is 0. The number of methoxy groups -OCH3 is 2. The quantitative estimate of drug-likeness (QED) is 0.603. The number of carbonyl (C=O) groups is 1. The minimum Gasteiger partial charge on any atom is -0.502 e. The summed E-state index contributed by atoms with van der Waals surface area (Å²) in [6, 6.07) is 6.30. The highest BCUT2D eigenvalue weighted by molar-refractivity contribution is 7.93. The van der Waals surface area contributed by atoms with Crippen molar-refractivity contribution >= 4 is 16.1 Å². The molecular weight excluding hydrogens is 315 g/mol. The molecule has 7 nitrogen and oxygen atoms in total. The molecule has 118 valence electrons. The maximum atomic E-state index is 12.9. The molecule has 0 spiro atoms. The fraction of sp³-hybridized carbons (Fsp3) is 0.231. The number of ether oxygens (including phenoxy) is 2. The van der Waals surface area contributed by atoms with Gasteiger partial charge in [-0.25, -0.2) is 9.18 Å². The Bertz CT molecular complexity index is 707. The van der Waals surface area contributed by atoms with E-state index < -0.39 is 33.4 Å². The number of rotatable bonds is 5. The van der Waals surface area contributed by atoms with Crippen LogP contribution in [0.25, 0.3) is 0 Å². The molecule has 0 saturated carbocycles. The van der Waals surface area contributed by atoms with Crippen LogP contribution in [0, 0.1) is 17.1 Å². The maximum absolute atomic E-state index is 12.9. The van der Waals surface area contributed by atoms with E-state index in [1.807, 2.05) is 0 Å². The molecule has 0 radical (unpaired) electrons. The van der Waals surface area contributed by atoms with E-state index in [-0.39, 0.29) is 0 Å². The molecule has 0 aliphatic rings. The molecule has 0 aliphatic heterocycles. The van der Waals surface area contributed by atoms with Gasteiger partial charge >= 0.3 is 6.09 Å². The summed E-state index contributed by atoms with van der Waals surface area (Å²) in [5.41, 5.74) is 0.338. The first kappa shape index (κ1) is 17.5. The highest BCUT2D eigenvalue weighted by Gasteiger charge is 2.33. The molecule has 0 aliphatic carbocycles. The zero-order chi connectivity index (χ0) is 16.8. The third kappa shape index (κ3) is 3.95. The van der Waals surface area contributed by atoms with Crippen LogP contribution >= 0.6 is 0 Å². The highest BCUT2D eigenvalue weighted by atomic mass is 32.2. The number of hydrogen-bond acceptors (Lipinski definition) is 6. The minimum absolute atomic E-state index is 0.338. The van der Waals surface area contributed by atoms with Gasteiger partial charge in [0.1, 0.15) is 18.1 Å². The van der Waals surface area contributed by atoms with Crippen LogP contribution in [0.15, 0.2) is 35.4 Å². The highest BCUT2D eigenvalue weighted by Crippen LogP contribution is 2.18. The Balaban J connectivity index is 3.24. The zero-order valence-corrected chi connectivity index (χ0v) is 12.6. The molecule has 1 amide bonds. The molecule has 9 heteroatoms. The lowest BCUT2D eigenvalue weighted by molar-refractivity contribution is 0.148. The number of hydrogen-bond donors (Lipinski definition) is 0. The minimum atomic E-state index is -4.45. The monoisotopic (exact) mass is 328 g/mol. The van der Waals surface area contributed by atoms with Crippen molar-refractivity contribution in [3.05, 3.63) is 46.8 Å². The Kier molecular flexibility index (Phi) is 5.89. The second kappa shape index (κ2) is 7.42. The molecule has 22 heavy (non-hydrogen) atoms. The summed E-state index contributed by atoms with van der Waals surface area (Å²) in [6.45, 7) is -0.419. The van der Waals surface area contributed by atoms with E-state index in [0.29, 0.717) is 16.1 Å². The molecule has 0 fully saturated rings. The lowest BCUT2D eigenvalue weighted by atomic mass is 10.2. The third-order valence-corrected chi connectivity index (χ3v) is 4.12. The van der Waals surface area contributed by atoms with E-state index in [1.54, 1.807) is 0 Å². The zero-order valence-electron chi connectivity index (χ0n) is 11.8. The van der Waals surface area contributed by atoms with Gasteiger partial charge in [-0.05, 0) is 17.7 Å². The summed E-state index contributed by atoms with van der Waals surface area (Å²) in [5, 5.41) is 8.89. The van der Waals surface area contributed by atoms with Crippen LogP contribution in [-0.2, 0) is 26.0 Å². The number of benzene rings is 1. The van der Waals surface area contributed by atoms with Gasteiger partial charge in [-0.3, -0.25) is 0 Å². The standard InChI is InChI=1S/C13H13FN2O5S/c1-20-9-12(7-15)22(18,19)16(13(17)21-2)8-10-3-5-11(14)6-4-10/h3-6,9H,8H2,1-2H3/b12-9+. The summed E-state index contributed by atoms with van der Waals surface area (Å²) in [6.07, 6.45) is -0.475. The van der Waals surface area contributed by atoms with Crippen molar-refractivity contribution in [2.75, 3.05) is 14.2 Å². The first-order chi connectivity index (χ1) is 10.4. The number of halogens is 1. The van der Waals surface area contributed by atoms with Crippen LogP contribution in [0.2, 0.25) is 0 Å². The fourth-order valence-corrected chi connectivity index (χ4v) is 2.64. The number of carbonyl (C=O) groups excluding carboxylic acids is 1. The molecule has 0 heterocycles. The fourth-order valence-electron chi connectivity index (χ4n) is 1.48. The van der Waals surface area contributed by atoms with Crippen LogP contribution in [0.4, 0.5) is 9.18 Å². The smallest absolute Gasteiger partial charge is 0.423 e. The Labute approximate surface area is 127 Å². The lowest BCUT2D eigenvalue weighted by Gasteiger charge is -2.20. The number of nitrogens with zero attached hydrogens (tertiary/aromatic N) is 2. The lowest BCUT2D eigenvalue weighted by Crippen LogP contribution is -2.36. The molecule has 0 N–H and O–H groups in total. The first-order valence-corrected chi connectivity index (χ1v) is 7.29. The normalized spacial score (nSPS) is 11.5. The van der Waals surface area contributed by atoms with Crippen molar-refractivity contribution in [3.8, 4) is 6.07 Å². The van der Waals surface area contributed by atoms with E-state index >= 15 is 0 Å². The van der Waals surface area contributed by atoms with E-state index in [4.69, 9.17) is 5.26 Å². The SMILES string of the molecule is CO/C=C(\C#N)S(=O)(=O)N(Cc1ccc(F)cc1)C(=O)OC.